The van der Waals surface area contributed by atoms with Crippen LogP contribution in [0, 0.1) is 23.0 Å². The minimum atomic E-state index is -5.28. The molecule has 2 aliphatic rings. The van der Waals surface area contributed by atoms with Gasteiger partial charge in [-0.25, -0.2) is 0 Å². The monoisotopic (exact) mass is 732 g/mol. The Labute approximate surface area is 286 Å². The van der Waals surface area contributed by atoms with Crippen molar-refractivity contribution >= 4 is 51.0 Å². The molecule has 2 aliphatic carbocycles. The van der Waals surface area contributed by atoms with Crippen molar-refractivity contribution in [1.29, 1.82) is 0 Å². The molecule has 0 saturated heterocycles. The molecule has 5 heteroatoms. The van der Waals surface area contributed by atoms with Crippen molar-refractivity contribution in [3.63, 3.8) is 0 Å². The fraction of sp³-hybridized carbons (Fsp3) is 0.195. The molecule has 0 heterocycles. The maximum absolute atomic E-state index is 14.7. The Morgan fingerprint density at radius 1 is 0.783 bits per heavy atom. The van der Waals surface area contributed by atoms with Gasteiger partial charge in [0.25, 0.3) is 0 Å². The average Bonchev–Trinajstić information content (AvgIpc) is 3.63. The zero-order valence-corrected chi connectivity index (χ0v) is 31.1. The van der Waals surface area contributed by atoms with E-state index < -0.39 is 18.3 Å². The molecule has 0 radical (unpaired) electrons. The van der Waals surface area contributed by atoms with Gasteiger partial charge in [0, 0.05) is 0 Å². The molecule has 238 valence electrons. The van der Waals surface area contributed by atoms with E-state index in [1.807, 2.05) is 36.4 Å². The number of hydrogen-bond donors (Lipinski definition) is 0. The van der Waals surface area contributed by atoms with Gasteiger partial charge < -0.3 is 0 Å². The van der Waals surface area contributed by atoms with Gasteiger partial charge in [-0.05, 0) is 0 Å². The number of halogens is 4. The normalized spacial score (nSPS) is 15.5. The first-order valence-corrected chi connectivity index (χ1v) is 22.1. The van der Waals surface area contributed by atoms with Crippen molar-refractivity contribution in [3.8, 4) is 11.1 Å². The first kappa shape index (κ1) is 35.9. The van der Waals surface area contributed by atoms with Crippen molar-refractivity contribution in [2.45, 2.75) is 40.5 Å². The van der Waals surface area contributed by atoms with Crippen LogP contribution in [0.4, 0.5) is 8.78 Å². The van der Waals surface area contributed by atoms with Crippen LogP contribution in [-0.4, -0.2) is 4.21 Å². The van der Waals surface area contributed by atoms with Gasteiger partial charge in [-0.15, -0.1) is 24.8 Å². The summed E-state index contributed by atoms with van der Waals surface area (Å²) in [6.45, 7) is 17.2. The predicted octanol–water partition coefficient (Wildman–Crippen LogP) is 9.96. The second-order valence-corrected chi connectivity index (χ2v) is 26.3. The molecule has 46 heavy (non-hydrogen) atoms. The zero-order chi connectivity index (χ0) is 31.5. The van der Waals surface area contributed by atoms with Gasteiger partial charge in [0.2, 0.25) is 0 Å². The van der Waals surface area contributed by atoms with Crippen LogP contribution in [0.3, 0.4) is 0 Å². The van der Waals surface area contributed by atoms with Gasteiger partial charge in [-0.3, -0.25) is 0 Å². The molecule has 0 fully saturated rings. The van der Waals surface area contributed by atoms with Gasteiger partial charge in [0.05, 0.1) is 0 Å². The van der Waals surface area contributed by atoms with Gasteiger partial charge in [0.15, 0.2) is 0 Å². The van der Waals surface area contributed by atoms with E-state index in [2.05, 4.69) is 83.3 Å². The van der Waals surface area contributed by atoms with Gasteiger partial charge >= 0.3 is 263 Å². The molecule has 0 N–H and O–H groups in total. The summed E-state index contributed by atoms with van der Waals surface area (Å²) >= 11 is -5.28. The van der Waals surface area contributed by atoms with Crippen LogP contribution in [0.5, 0.6) is 0 Å². The van der Waals surface area contributed by atoms with E-state index in [9.17, 15) is 8.78 Å². The smallest absolute Gasteiger partial charge is 0.147 e. The topological polar surface area (TPSA) is 0 Å². The number of rotatable bonds is 7. The number of fused-ring (bicyclic) bond motifs is 3. The standard InChI is InChI=1S/C17H13.C11H17.2C6H4F.CH2.2ClH.Zr/c1-3-12-5-7-14-11-15-8-6-13(4-2)10-17(15)16(14)9-12;1-5-9-6-7-10(8-9)11(2,3)4;2*7-6-4-2-1-3-5-6;;;;/h3-7,9-10H,1-2,11H2;7-9H,5H2,1-4H3;2*2-5H;1H2;2*1H;. The summed E-state index contributed by atoms with van der Waals surface area (Å²) in [4.78, 5) is 0. The predicted molar refractivity (Wildman–Crippen MR) is 198 cm³/mol. The summed E-state index contributed by atoms with van der Waals surface area (Å²) in [5.74, 6) is -0.430. The molecule has 0 bridgehead atoms. The van der Waals surface area contributed by atoms with E-state index in [1.54, 1.807) is 24.3 Å². The van der Waals surface area contributed by atoms with E-state index >= 15 is 0 Å². The van der Waals surface area contributed by atoms with E-state index in [4.69, 9.17) is 4.21 Å². The third-order valence-corrected chi connectivity index (χ3v) is 26.4. The van der Waals surface area contributed by atoms with Gasteiger partial charge in [-0.1, -0.05) is 0 Å². The Morgan fingerprint density at radius 2 is 1.33 bits per heavy atom. The summed E-state index contributed by atoms with van der Waals surface area (Å²) in [5, 5.41) is 0. The van der Waals surface area contributed by atoms with Crippen LogP contribution in [-0.2, 0) is 24.7 Å². The Kier molecular flexibility index (Phi) is 10.1. The minimum Gasteiger partial charge on any atom is -0.147 e. The van der Waals surface area contributed by atoms with Crippen molar-refractivity contribution in [1.82, 2.24) is 0 Å². The number of hydrogen-bond acceptors (Lipinski definition) is 0. The number of allylic oxidation sites excluding steroid dienone is 4. The van der Waals surface area contributed by atoms with Crippen LogP contribution in [0.15, 0.2) is 113 Å². The van der Waals surface area contributed by atoms with Crippen molar-refractivity contribution < 1.29 is 27.1 Å². The third-order valence-electron chi connectivity index (χ3n) is 10.1. The SMILES string of the molecule is C=Cc1ccc2c(c1)-c1cc(C=C)c[c]([Zr](=[CH2])([C]3=CC(C(C)(C)C)=CC3CC)([c]3ccc(F)cc3)[c]3ccc(F)cc3)c1C2.Cl.Cl. The van der Waals surface area contributed by atoms with Gasteiger partial charge in [0.1, 0.15) is 0 Å². The molecule has 4 aromatic carbocycles. The molecule has 1 unspecified atom stereocenters. The fourth-order valence-corrected chi connectivity index (χ4v) is 24.1. The van der Waals surface area contributed by atoms with Crippen LogP contribution >= 0.6 is 24.8 Å². The molecule has 0 aliphatic heterocycles. The molecular formula is C41H42Cl2F2Zr. The molecule has 0 amide bonds. The first-order valence-electron chi connectivity index (χ1n) is 15.5. The second-order valence-electron chi connectivity index (χ2n) is 13.6. The maximum atomic E-state index is 14.7. The summed E-state index contributed by atoms with van der Waals surface area (Å²) in [7, 11) is 0. The van der Waals surface area contributed by atoms with Crippen molar-refractivity contribution in [2.24, 2.45) is 11.3 Å². The Hall–Kier alpha value is -2.97. The van der Waals surface area contributed by atoms with Gasteiger partial charge in [-0.2, -0.15) is 0 Å². The molecule has 0 nitrogen and oxygen atoms in total. The van der Waals surface area contributed by atoms with E-state index in [0.29, 0.717) is 0 Å². The van der Waals surface area contributed by atoms with Crippen LogP contribution < -0.4 is 9.81 Å². The quantitative estimate of drug-likeness (QED) is 0.156. The summed E-state index contributed by atoms with van der Waals surface area (Å²) in [5.41, 5.74) is 8.18. The van der Waals surface area contributed by atoms with Crippen LogP contribution in [0.1, 0.15) is 56.4 Å². The molecule has 0 aromatic heterocycles. The zero-order valence-electron chi connectivity index (χ0n) is 27.0. The van der Waals surface area contributed by atoms with E-state index in [1.165, 1.54) is 34.4 Å². The Balaban J connectivity index is 0.00000240. The average molecular weight is 735 g/mol. The van der Waals surface area contributed by atoms with Crippen molar-refractivity contribution in [2.75, 3.05) is 0 Å². The Bertz CT molecular complexity index is 1910. The maximum Gasteiger partial charge on any atom is -0.147 e. The number of benzene rings is 4. The summed E-state index contributed by atoms with van der Waals surface area (Å²) in [6, 6.07) is 25.1. The molecule has 0 spiro atoms. The fourth-order valence-electron chi connectivity index (χ4n) is 7.66. The van der Waals surface area contributed by atoms with E-state index in [0.717, 1.165) is 30.5 Å². The molecule has 1 atom stereocenters. The molecular weight excluding hydrogens is 693 g/mol. The van der Waals surface area contributed by atoms with Crippen LogP contribution in [0.25, 0.3) is 23.3 Å². The van der Waals surface area contributed by atoms with E-state index in [-0.39, 0.29) is 47.8 Å². The largest absolute Gasteiger partial charge is 0.147 e. The Morgan fingerprint density at radius 3 is 1.83 bits per heavy atom. The molecule has 4 aromatic rings. The third kappa shape index (κ3) is 5.43. The molecule has 6 rings (SSSR count). The van der Waals surface area contributed by atoms with Crippen LogP contribution in [0.2, 0.25) is 0 Å². The summed E-state index contributed by atoms with van der Waals surface area (Å²) in [6.07, 6.45) is 10.3. The minimum absolute atomic E-state index is 0. The second kappa shape index (κ2) is 12.9. The first-order chi connectivity index (χ1) is 20.9. The summed E-state index contributed by atoms with van der Waals surface area (Å²) < 4.78 is 39.5. The molecule has 0 saturated carbocycles. The van der Waals surface area contributed by atoms with Crippen molar-refractivity contribution in [3.05, 3.63) is 147 Å².